The highest BCUT2D eigenvalue weighted by Crippen LogP contribution is 2.31. The van der Waals surface area contributed by atoms with Crippen molar-refractivity contribution in [2.75, 3.05) is 22.6 Å². The summed E-state index contributed by atoms with van der Waals surface area (Å²) in [5, 5.41) is 5.29. The van der Waals surface area contributed by atoms with Crippen LogP contribution in [0.25, 0.3) is 21.8 Å². The Balaban J connectivity index is 1.51. The predicted molar refractivity (Wildman–Crippen MR) is 113 cm³/mol. The van der Waals surface area contributed by atoms with Gasteiger partial charge in [0.05, 0.1) is 17.3 Å². The van der Waals surface area contributed by atoms with Crippen molar-refractivity contribution in [1.29, 1.82) is 0 Å². The van der Waals surface area contributed by atoms with Crippen LogP contribution in [0, 0.1) is 0 Å². The van der Waals surface area contributed by atoms with E-state index in [0.717, 1.165) is 23.1 Å². The summed E-state index contributed by atoms with van der Waals surface area (Å²) in [6.45, 7) is 3.01. The highest BCUT2D eigenvalue weighted by molar-refractivity contribution is 8.02. The van der Waals surface area contributed by atoms with E-state index in [1.54, 1.807) is 0 Å². The van der Waals surface area contributed by atoms with Gasteiger partial charge in [0.25, 0.3) is 0 Å². The Morgan fingerprint density at radius 3 is 2.70 bits per heavy atom. The minimum Gasteiger partial charge on any atom is -0.341 e. The number of thioether (sulfide) groups is 1. The number of rotatable bonds is 5. The highest BCUT2D eigenvalue weighted by atomic mass is 32.2. The van der Waals surface area contributed by atoms with Gasteiger partial charge < -0.3 is 9.88 Å². The molecule has 1 unspecified atom stereocenters. The smallest absolute Gasteiger partial charge is 0.234 e. The van der Waals surface area contributed by atoms with E-state index in [-0.39, 0.29) is 28.4 Å². The van der Waals surface area contributed by atoms with Crippen LogP contribution in [0.5, 0.6) is 0 Å². The van der Waals surface area contributed by atoms with Gasteiger partial charge in [-0.1, -0.05) is 18.2 Å². The molecular formula is C20H22N2O3S2. The fourth-order valence-electron chi connectivity index (χ4n) is 3.76. The lowest BCUT2D eigenvalue weighted by atomic mass is 10.1. The number of hydrogen-bond acceptors (Lipinski definition) is 4. The Labute approximate surface area is 163 Å². The number of fused-ring (bicyclic) bond motifs is 3. The molecule has 0 aliphatic carbocycles. The number of amides is 1. The van der Waals surface area contributed by atoms with E-state index in [1.165, 1.54) is 22.7 Å². The normalized spacial score (nSPS) is 18.9. The summed E-state index contributed by atoms with van der Waals surface area (Å²) in [6.07, 6.45) is 0.642. The number of nitrogens with one attached hydrogen (secondary N) is 1. The molecule has 2 aromatic carbocycles. The molecule has 0 bridgehead atoms. The van der Waals surface area contributed by atoms with Crippen molar-refractivity contribution in [2.24, 2.45) is 0 Å². The van der Waals surface area contributed by atoms with Crippen LogP contribution in [0.4, 0.5) is 5.69 Å². The second kappa shape index (κ2) is 7.20. The van der Waals surface area contributed by atoms with Crippen molar-refractivity contribution in [3.63, 3.8) is 0 Å². The first-order valence-corrected chi connectivity index (χ1v) is 12.0. The number of para-hydroxylation sites is 1. The molecule has 1 aliphatic heterocycles. The molecule has 27 heavy (non-hydrogen) atoms. The van der Waals surface area contributed by atoms with Crippen LogP contribution in [-0.2, 0) is 21.2 Å². The van der Waals surface area contributed by atoms with Crippen molar-refractivity contribution in [1.82, 2.24) is 4.57 Å². The molecule has 1 atom stereocenters. The first-order valence-electron chi connectivity index (χ1n) is 9.10. The van der Waals surface area contributed by atoms with Crippen LogP contribution in [-0.4, -0.2) is 41.4 Å². The lowest BCUT2D eigenvalue weighted by Gasteiger charge is -2.09. The fourth-order valence-corrected chi connectivity index (χ4v) is 7.20. The molecule has 1 N–H and O–H groups in total. The fraction of sp³-hybridized carbons (Fsp3) is 0.350. The Kier molecular flexibility index (Phi) is 4.90. The Hall–Kier alpha value is -1.99. The van der Waals surface area contributed by atoms with Gasteiger partial charge in [-0.2, -0.15) is 0 Å². The molecule has 0 saturated carbocycles. The maximum Gasteiger partial charge on any atom is 0.234 e. The lowest BCUT2D eigenvalue weighted by Crippen LogP contribution is -2.17. The summed E-state index contributed by atoms with van der Waals surface area (Å²) in [6, 6.07) is 14.3. The number of sulfone groups is 1. The summed E-state index contributed by atoms with van der Waals surface area (Å²) < 4.78 is 25.3. The number of anilines is 1. The summed E-state index contributed by atoms with van der Waals surface area (Å²) in [5.74, 6) is 0.607. The first kappa shape index (κ1) is 18.4. The second-order valence-electron chi connectivity index (χ2n) is 6.88. The monoisotopic (exact) mass is 402 g/mol. The highest BCUT2D eigenvalue weighted by Gasteiger charge is 2.28. The maximum atomic E-state index is 12.3. The van der Waals surface area contributed by atoms with Crippen molar-refractivity contribution >= 4 is 55.0 Å². The number of carbonyl (C=O) groups excluding carboxylic acids is 1. The number of carbonyl (C=O) groups is 1. The maximum absolute atomic E-state index is 12.3. The molecule has 142 valence electrons. The zero-order valence-corrected chi connectivity index (χ0v) is 16.8. The van der Waals surface area contributed by atoms with Gasteiger partial charge in [0.15, 0.2) is 9.84 Å². The van der Waals surface area contributed by atoms with E-state index in [0.29, 0.717) is 6.42 Å². The molecular weight excluding hydrogens is 380 g/mol. The Morgan fingerprint density at radius 1 is 1.19 bits per heavy atom. The average molecular weight is 403 g/mol. The van der Waals surface area contributed by atoms with E-state index < -0.39 is 9.84 Å². The third-order valence-electron chi connectivity index (χ3n) is 5.01. The molecule has 1 saturated heterocycles. The third-order valence-corrected chi connectivity index (χ3v) is 8.29. The van der Waals surface area contributed by atoms with Crippen LogP contribution in [0.1, 0.15) is 13.3 Å². The average Bonchev–Trinajstić information content (AvgIpc) is 3.16. The van der Waals surface area contributed by atoms with Crippen molar-refractivity contribution in [3.05, 3.63) is 42.5 Å². The van der Waals surface area contributed by atoms with Crippen LogP contribution in [0.2, 0.25) is 0 Å². The third kappa shape index (κ3) is 3.71. The van der Waals surface area contributed by atoms with Gasteiger partial charge in [0, 0.05) is 39.3 Å². The van der Waals surface area contributed by atoms with Crippen LogP contribution >= 0.6 is 11.8 Å². The zero-order chi connectivity index (χ0) is 19.0. The number of benzene rings is 2. The molecule has 1 fully saturated rings. The number of aryl methyl sites for hydroxylation is 1. The molecule has 0 radical (unpaired) electrons. The van der Waals surface area contributed by atoms with Crippen LogP contribution in [0.3, 0.4) is 0 Å². The van der Waals surface area contributed by atoms with Crippen LogP contribution in [0.15, 0.2) is 42.5 Å². The predicted octanol–water partition coefficient (Wildman–Crippen LogP) is 3.67. The Bertz CT molecular complexity index is 1120. The van der Waals surface area contributed by atoms with E-state index in [9.17, 15) is 13.2 Å². The molecule has 0 spiro atoms. The molecule has 4 rings (SSSR count). The second-order valence-corrected chi connectivity index (χ2v) is 10.4. The quantitative estimate of drug-likeness (QED) is 0.707. The van der Waals surface area contributed by atoms with Gasteiger partial charge in [-0.05, 0) is 37.6 Å². The standard InChI is InChI=1S/C20H22N2O3S2/c1-2-22-18-6-4-3-5-16(18)17-11-14(7-8-19(17)22)21-20(23)12-26-15-9-10-27(24,25)13-15/h3-8,11,15H,2,9-10,12-13H2,1H3,(H,21,23). The van der Waals surface area contributed by atoms with Crippen molar-refractivity contribution in [3.8, 4) is 0 Å². The minimum absolute atomic E-state index is 0.0331. The van der Waals surface area contributed by atoms with Crippen molar-refractivity contribution in [2.45, 2.75) is 25.1 Å². The zero-order valence-electron chi connectivity index (χ0n) is 15.1. The van der Waals surface area contributed by atoms with Crippen molar-refractivity contribution < 1.29 is 13.2 Å². The van der Waals surface area contributed by atoms with Gasteiger partial charge in [0.2, 0.25) is 5.91 Å². The van der Waals surface area contributed by atoms with E-state index in [1.807, 2.05) is 30.3 Å². The number of nitrogens with zero attached hydrogens (tertiary/aromatic N) is 1. The minimum atomic E-state index is -2.90. The van der Waals surface area contributed by atoms with E-state index >= 15 is 0 Å². The SMILES string of the molecule is CCn1c2ccccc2c2cc(NC(=O)CSC3CCS(=O)(=O)C3)ccc21. The molecule has 3 aromatic rings. The summed E-state index contributed by atoms with van der Waals surface area (Å²) in [4.78, 5) is 12.3. The first-order chi connectivity index (χ1) is 13.0. The van der Waals surface area contributed by atoms with Gasteiger partial charge in [-0.25, -0.2) is 8.42 Å². The Morgan fingerprint density at radius 2 is 1.96 bits per heavy atom. The summed E-state index contributed by atoms with van der Waals surface area (Å²) in [7, 11) is -2.90. The molecule has 1 aromatic heterocycles. The molecule has 5 nitrogen and oxygen atoms in total. The largest absolute Gasteiger partial charge is 0.341 e. The van der Waals surface area contributed by atoms with Crippen LogP contribution < -0.4 is 5.32 Å². The van der Waals surface area contributed by atoms with E-state index in [4.69, 9.17) is 0 Å². The van der Waals surface area contributed by atoms with Gasteiger partial charge in [-0.15, -0.1) is 11.8 Å². The van der Waals surface area contributed by atoms with E-state index in [2.05, 4.69) is 28.9 Å². The topological polar surface area (TPSA) is 68.2 Å². The summed E-state index contributed by atoms with van der Waals surface area (Å²) >= 11 is 1.43. The summed E-state index contributed by atoms with van der Waals surface area (Å²) in [5.41, 5.74) is 3.12. The van der Waals surface area contributed by atoms with Gasteiger partial charge in [0.1, 0.15) is 0 Å². The molecule has 7 heteroatoms. The van der Waals surface area contributed by atoms with Gasteiger partial charge >= 0.3 is 0 Å². The lowest BCUT2D eigenvalue weighted by molar-refractivity contribution is -0.113. The van der Waals surface area contributed by atoms with Gasteiger partial charge in [-0.3, -0.25) is 4.79 Å². The number of aromatic nitrogens is 1. The number of hydrogen-bond donors (Lipinski definition) is 1. The molecule has 2 heterocycles. The molecule has 1 amide bonds. The molecule has 1 aliphatic rings.